The number of hydrogen-bond donors (Lipinski definition) is 1. The lowest BCUT2D eigenvalue weighted by Gasteiger charge is -2.21. The Hall–Kier alpha value is -1.92. The number of hydrogen-bond acceptors (Lipinski definition) is 4. The molecule has 1 N–H and O–H groups in total. The lowest BCUT2D eigenvalue weighted by atomic mass is 9.89. The van der Waals surface area contributed by atoms with E-state index in [4.69, 9.17) is 14.5 Å². The van der Waals surface area contributed by atoms with Gasteiger partial charge in [-0.3, -0.25) is 4.79 Å². The zero-order chi connectivity index (χ0) is 18.0. The van der Waals surface area contributed by atoms with E-state index >= 15 is 0 Å². The molecule has 1 amide bonds. The molecule has 1 aliphatic carbocycles. The molecule has 1 saturated carbocycles. The third-order valence-electron chi connectivity index (χ3n) is 5.52. The van der Waals surface area contributed by atoms with Crippen LogP contribution in [0.4, 0.5) is 0 Å². The number of imidazole rings is 1. The van der Waals surface area contributed by atoms with Crippen molar-refractivity contribution in [1.29, 1.82) is 0 Å². The topological polar surface area (TPSA) is 64.9 Å². The Bertz CT molecular complexity index is 774. The van der Waals surface area contributed by atoms with Gasteiger partial charge in [0.25, 0.3) is 5.91 Å². The van der Waals surface area contributed by atoms with Gasteiger partial charge in [0.1, 0.15) is 5.82 Å². The molecule has 2 aromatic rings. The molecule has 1 aliphatic heterocycles. The number of ether oxygens (including phenoxy) is 2. The van der Waals surface area contributed by atoms with Crippen LogP contribution in [-0.4, -0.2) is 40.8 Å². The first-order chi connectivity index (χ1) is 12.7. The molecular formula is C20H27N3O3. The molecule has 1 saturated heterocycles. The first-order valence-corrected chi connectivity index (χ1v) is 9.69. The number of pyridine rings is 1. The number of nitrogens with zero attached hydrogens (tertiary/aromatic N) is 2. The van der Waals surface area contributed by atoms with Gasteiger partial charge in [0.05, 0.1) is 18.7 Å². The van der Waals surface area contributed by atoms with Gasteiger partial charge in [0.15, 0.2) is 11.5 Å². The molecule has 0 aromatic carbocycles. The van der Waals surface area contributed by atoms with Crippen molar-refractivity contribution in [2.75, 3.05) is 19.8 Å². The average molecular weight is 357 g/mol. The van der Waals surface area contributed by atoms with Crippen LogP contribution in [0.1, 0.15) is 67.7 Å². The minimum Gasteiger partial charge on any atom is -0.350 e. The van der Waals surface area contributed by atoms with Crippen LogP contribution in [0.2, 0.25) is 0 Å². The summed E-state index contributed by atoms with van der Waals surface area (Å²) < 4.78 is 13.3. The van der Waals surface area contributed by atoms with E-state index in [9.17, 15) is 4.79 Å². The van der Waals surface area contributed by atoms with Crippen molar-refractivity contribution in [3.63, 3.8) is 0 Å². The fraction of sp³-hybridized carbons (Fsp3) is 0.600. The zero-order valence-electron chi connectivity index (χ0n) is 15.4. The number of carbonyl (C=O) groups excluding carboxylic acids is 1. The molecule has 140 valence electrons. The molecule has 2 aliphatic rings. The molecule has 6 heteroatoms. The summed E-state index contributed by atoms with van der Waals surface area (Å²) in [4.78, 5) is 17.5. The van der Waals surface area contributed by atoms with E-state index in [1.54, 1.807) is 0 Å². The maximum Gasteiger partial charge on any atom is 0.272 e. The highest BCUT2D eigenvalue weighted by Crippen LogP contribution is 2.33. The van der Waals surface area contributed by atoms with Crippen molar-refractivity contribution in [2.24, 2.45) is 0 Å². The van der Waals surface area contributed by atoms with Crippen LogP contribution in [0.15, 0.2) is 24.4 Å². The minimum atomic E-state index is -0.587. The highest BCUT2D eigenvalue weighted by Gasteiger charge is 2.31. The fourth-order valence-corrected chi connectivity index (χ4v) is 4.07. The van der Waals surface area contributed by atoms with Gasteiger partial charge in [0.2, 0.25) is 0 Å². The summed E-state index contributed by atoms with van der Waals surface area (Å²) in [6.45, 7) is 3.64. The molecule has 0 bridgehead atoms. The molecule has 0 unspecified atom stereocenters. The largest absolute Gasteiger partial charge is 0.350 e. The number of nitrogens with one attached hydrogen (secondary N) is 1. The van der Waals surface area contributed by atoms with E-state index in [1.807, 2.05) is 31.3 Å². The SMILES string of the molecule is CC1(CCNC(=O)c2nc(C3CCCCC3)n3ccccc23)OCCO1. The predicted molar refractivity (Wildman–Crippen MR) is 98.3 cm³/mol. The molecule has 6 nitrogen and oxygen atoms in total. The standard InChI is InChI=1S/C20H27N3O3/c1-20(25-13-14-26-20)10-11-21-19(24)17-16-9-5-6-12-23(16)18(22-17)15-7-3-2-4-8-15/h5-6,9,12,15H,2-4,7-8,10-11,13-14H2,1H3,(H,21,24). The van der Waals surface area contributed by atoms with E-state index in [2.05, 4.69) is 9.72 Å². The Labute approximate surface area is 153 Å². The van der Waals surface area contributed by atoms with E-state index in [0.29, 0.717) is 37.8 Å². The third kappa shape index (κ3) is 3.48. The molecule has 0 radical (unpaired) electrons. The van der Waals surface area contributed by atoms with Gasteiger partial charge >= 0.3 is 0 Å². The molecule has 2 aromatic heterocycles. The van der Waals surface area contributed by atoms with Gasteiger partial charge in [-0.15, -0.1) is 0 Å². The highest BCUT2D eigenvalue weighted by atomic mass is 16.7. The van der Waals surface area contributed by atoms with Gasteiger partial charge < -0.3 is 19.2 Å². The predicted octanol–water partition coefficient (Wildman–Crippen LogP) is 3.26. The average Bonchev–Trinajstić information content (AvgIpc) is 3.27. The van der Waals surface area contributed by atoms with Crippen LogP contribution in [0, 0.1) is 0 Å². The summed E-state index contributed by atoms with van der Waals surface area (Å²) in [5.41, 5.74) is 1.40. The van der Waals surface area contributed by atoms with Crippen molar-refractivity contribution in [3.8, 4) is 0 Å². The summed E-state index contributed by atoms with van der Waals surface area (Å²) in [7, 11) is 0. The van der Waals surface area contributed by atoms with Crippen LogP contribution in [0.5, 0.6) is 0 Å². The molecular weight excluding hydrogens is 330 g/mol. The Balaban J connectivity index is 1.51. The quantitative estimate of drug-likeness (QED) is 0.892. The van der Waals surface area contributed by atoms with Gasteiger partial charge in [-0.05, 0) is 31.9 Å². The van der Waals surface area contributed by atoms with Gasteiger partial charge in [-0.1, -0.05) is 25.3 Å². The minimum absolute atomic E-state index is 0.127. The van der Waals surface area contributed by atoms with Crippen LogP contribution in [-0.2, 0) is 9.47 Å². The summed E-state index contributed by atoms with van der Waals surface area (Å²) >= 11 is 0. The summed E-state index contributed by atoms with van der Waals surface area (Å²) in [6, 6.07) is 5.93. The molecule has 3 heterocycles. The number of rotatable bonds is 5. The maximum absolute atomic E-state index is 12.8. The Morgan fingerprint density at radius 1 is 1.27 bits per heavy atom. The monoisotopic (exact) mass is 357 g/mol. The van der Waals surface area contributed by atoms with Crippen LogP contribution in [0.25, 0.3) is 5.52 Å². The first kappa shape index (κ1) is 17.5. The lowest BCUT2D eigenvalue weighted by Crippen LogP contribution is -2.33. The van der Waals surface area contributed by atoms with Crippen molar-refractivity contribution >= 4 is 11.4 Å². The smallest absolute Gasteiger partial charge is 0.272 e. The van der Waals surface area contributed by atoms with Crippen LogP contribution in [0.3, 0.4) is 0 Å². The second-order valence-electron chi connectivity index (χ2n) is 7.45. The number of aromatic nitrogens is 2. The van der Waals surface area contributed by atoms with Crippen molar-refractivity contribution in [1.82, 2.24) is 14.7 Å². The fourth-order valence-electron chi connectivity index (χ4n) is 4.07. The molecule has 2 fully saturated rings. The van der Waals surface area contributed by atoms with Crippen molar-refractivity contribution in [3.05, 3.63) is 35.9 Å². The van der Waals surface area contributed by atoms with Gasteiger partial charge in [-0.2, -0.15) is 0 Å². The van der Waals surface area contributed by atoms with E-state index in [-0.39, 0.29) is 5.91 Å². The van der Waals surface area contributed by atoms with Gasteiger partial charge in [-0.25, -0.2) is 4.98 Å². The second-order valence-corrected chi connectivity index (χ2v) is 7.45. The van der Waals surface area contributed by atoms with Crippen LogP contribution < -0.4 is 5.32 Å². The summed E-state index contributed by atoms with van der Waals surface area (Å²) in [5, 5.41) is 2.98. The molecule has 0 spiro atoms. The number of carbonyl (C=O) groups is 1. The summed E-state index contributed by atoms with van der Waals surface area (Å²) in [6.07, 6.45) is 8.74. The van der Waals surface area contributed by atoms with E-state index < -0.39 is 5.79 Å². The third-order valence-corrected chi connectivity index (χ3v) is 5.52. The number of amides is 1. The second kappa shape index (κ2) is 7.37. The van der Waals surface area contributed by atoms with Crippen LogP contribution >= 0.6 is 0 Å². The highest BCUT2D eigenvalue weighted by molar-refractivity contribution is 5.99. The molecule has 26 heavy (non-hydrogen) atoms. The summed E-state index contributed by atoms with van der Waals surface area (Å²) in [5.74, 6) is 0.758. The maximum atomic E-state index is 12.8. The van der Waals surface area contributed by atoms with E-state index in [0.717, 1.165) is 24.2 Å². The Morgan fingerprint density at radius 2 is 2.04 bits per heavy atom. The first-order valence-electron chi connectivity index (χ1n) is 9.69. The lowest BCUT2D eigenvalue weighted by molar-refractivity contribution is -0.145. The Kier molecular flexibility index (Phi) is 4.96. The Morgan fingerprint density at radius 3 is 2.81 bits per heavy atom. The molecule has 4 rings (SSSR count). The number of fused-ring (bicyclic) bond motifs is 1. The van der Waals surface area contributed by atoms with Gasteiger partial charge in [0, 0.05) is 25.1 Å². The van der Waals surface area contributed by atoms with E-state index in [1.165, 1.54) is 19.3 Å². The van der Waals surface area contributed by atoms with Crippen molar-refractivity contribution < 1.29 is 14.3 Å². The van der Waals surface area contributed by atoms with Crippen molar-refractivity contribution in [2.45, 2.75) is 57.2 Å². The zero-order valence-corrected chi connectivity index (χ0v) is 15.4. The molecule has 0 atom stereocenters. The normalized spacial score (nSPS) is 20.5.